The van der Waals surface area contributed by atoms with E-state index in [-0.39, 0.29) is 12.3 Å². The zero-order valence-electron chi connectivity index (χ0n) is 24.0. The van der Waals surface area contributed by atoms with Gasteiger partial charge in [-0.1, -0.05) is 0 Å². The molecule has 1 aliphatic heterocycles. The number of ether oxygens (including phenoxy) is 1. The van der Waals surface area contributed by atoms with Crippen molar-refractivity contribution in [2.45, 2.75) is 74.6 Å². The maximum absolute atomic E-state index is 7.10. The molecule has 0 N–H and O–H groups in total. The van der Waals surface area contributed by atoms with Gasteiger partial charge in [-0.15, -0.1) is 0 Å². The molecule has 1 heterocycles. The normalized spacial score (nSPS) is 14.5. The van der Waals surface area contributed by atoms with Gasteiger partial charge in [0.2, 0.25) is 0 Å². The summed E-state index contributed by atoms with van der Waals surface area (Å²) >= 11 is -2.42. The molecule has 3 aromatic carbocycles. The van der Waals surface area contributed by atoms with E-state index in [2.05, 4.69) is 115 Å². The predicted molar refractivity (Wildman–Crippen MR) is 163 cm³/mol. The van der Waals surface area contributed by atoms with E-state index in [1.165, 1.54) is 50.3 Å². The quantitative estimate of drug-likeness (QED) is 0.252. The van der Waals surface area contributed by atoms with Gasteiger partial charge in [-0.25, -0.2) is 0 Å². The summed E-state index contributed by atoms with van der Waals surface area (Å²) in [4.78, 5) is 5.07. The summed E-state index contributed by atoms with van der Waals surface area (Å²) in [6, 6.07) is 15.5. The molecule has 3 aromatic rings. The molecule has 0 amide bonds. The molecule has 0 saturated carbocycles. The molecule has 4 rings (SSSR count). The van der Waals surface area contributed by atoms with Gasteiger partial charge in [-0.05, 0) is 0 Å². The number of rotatable bonds is 6. The maximum atomic E-state index is 7.10. The van der Waals surface area contributed by atoms with E-state index >= 15 is 0 Å². The zero-order valence-corrected chi connectivity index (χ0v) is 27.3. The van der Waals surface area contributed by atoms with Crippen LogP contribution in [0.2, 0.25) is 0 Å². The summed E-state index contributed by atoms with van der Waals surface area (Å²) in [5.41, 5.74) is 12.4. The molecule has 3 nitrogen and oxygen atoms in total. The van der Waals surface area contributed by atoms with Gasteiger partial charge in [0.25, 0.3) is 0 Å². The molecule has 0 aromatic heterocycles. The summed E-state index contributed by atoms with van der Waals surface area (Å²) in [5.74, 6) is 0.849. The van der Waals surface area contributed by atoms with Gasteiger partial charge in [0.15, 0.2) is 0 Å². The second-order valence-corrected chi connectivity index (χ2v) is 16.8. The standard InChI is InChI=1S/C32H40N2O.2ClH.Ru/c1-20(2)35-29-11-10-21(3)18-28(29)19-30-33(31-24(6)14-22(4)15-25(31)7)12-13-34(30)32-26(8)16-23(5)17-27(32)9;;;/h10-11,14-18,20,30H,12-13H2,1-9H3;2*1H;/q;;;+2/p-2. The van der Waals surface area contributed by atoms with Crippen LogP contribution in [0.15, 0.2) is 42.5 Å². The first-order valence-electron chi connectivity index (χ1n) is 13.2. The molecule has 1 saturated heterocycles. The average Bonchev–Trinajstić information content (AvgIpc) is 3.17. The number of halogens is 2. The molecule has 38 heavy (non-hydrogen) atoms. The van der Waals surface area contributed by atoms with Crippen molar-refractivity contribution >= 4 is 34.9 Å². The van der Waals surface area contributed by atoms with Crippen molar-refractivity contribution in [2.75, 3.05) is 22.9 Å². The van der Waals surface area contributed by atoms with Crippen LogP contribution in [0.4, 0.5) is 11.4 Å². The third-order valence-corrected chi connectivity index (χ3v) is 10.5. The van der Waals surface area contributed by atoms with Crippen molar-refractivity contribution in [1.29, 1.82) is 0 Å². The van der Waals surface area contributed by atoms with Crippen molar-refractivity contribution in [3.05, 3.63) is 87.0 Å². The van der Waals surface area contributed by atoms with Gasteiger partial charge in [0.1, 0.15) is 0 Å². The first-order chi connectivity index (χ1) is 17.9. The summed E-state index contributed by atoms with van der Waals surface area (Å²) in [5, 5.41) is 0. The predicted octanol–water partition coefficient (Wildman–Crippen LogP) is 8.43. The summed E-state index contributed by atoms with van der Waals surface area (Å²) in [7, 11) is 14.2. The van der Waals surface area contributed by atoms with Gasteiger partial charge < -0.3 is 0 Å². The molecule has 0 unspecified atom stereocenters. The molecule has 0 spiro atoms. The van der Waals surface area contributed by atoms with Crippen LogP contribution in [0.3, 0.4) is 0 Å². The summed E-state index contributed by atoms with van der Waals surface area (Å²) in [6.07, 6.45) is -0.0664. The molecule has 1 aliphatic rings. The van der Waals surface area contributed by atoms with E-state index in [1.54, 1.807) is 0 Å². The van der Waals surface area contributed by atoms with E-state index in [1.807, 2.05) is 0 Å². The minimum atomic E-state index is -2.42. The molecular formula is C32H40Cl2N2ORu. The Hall–Kier alpha value is -1.87. The molecular weight excluding hydrogens is 600 g/mol. The topological polar surface area (TPSA) is 15.7 Å². The number of hydrogen-bond acceptors (Lipinski definition) is 3. The van der Waals surface area contributed by atoms with Crippen LogP contribution in [-0.2, 0) is 13.5 Å². The van der Waals surface area contributed by atoms with E-state index in [4.69, 9.17) is 24.1 Å². The first-order valence-corrected chi connectivity index (χ1v) is 18.6. The Morgan fingerprint density at radius 1 is 0.737 bits per heavy atom. The fourth-order valence-corrected chi connectivity index (χ4v) is 9.32. The third-order valence-electron chi connectivity index (χ3n) is 7.13. The Kier molecular flexibility index (Phi) is 8.97. The van der Waals surface area contributed by atoms with Crippen LogP contribution < -0.4 is 14.5 Å². The Morgan fingerprint density at radius 3 is 1.58 bits per heavy atom. The average molecular weight is 641 g/mol. The van der Waals surface area contributed by atoms with Crippen molar-refractivity contribution in [3.63, 3.8) is 0 Å². The molecule has 0 atom stereocenters. The van der Waals surface area contributed by atoms with Crippen LogP contribution in [0, 0.1) is 48.5 Å². The monoisotopic (exact) mass is 640 g/mol. The number of benzene rings is 3. The van der Waals surface area contributed by atoms with Crippen LogP contribution in [0.1, 0.15) is 58.4 Å². The zero-order chi connectivity index (χ0) is 27.9. The Labute approximate surface area is 242 Å². The Bertz CT molecular complexity index is 1280. The van der Waals surface area contributed by atoms with Gasteiger partial charge >= 0.3 is 243 Å². The summed E-state index contributed by atoms with van der Waals surface area (Å²) in [6.45, 7) is 21.2. The molecule has 0 aliphatic carbocycles. The molecule has 1 fully saturated rings. The van der Waals surface area contributed by atoms with Crippen molar-refractivity contribution in [2.24, 2.45) is 0 Å². The van der Waals surface area contributed by atoms with Crippen molar-refractivity contribution in [3.8, 4) is 5.75 Å². The van der Waals surface area contributed by atoms with Gasteiger partial charge in [0, 0.05) is 0 Å². The van der Waals surface area contributed by atoms with Crippen molar-refractivity contribution in [1.82, 2.24) is 0 Å². The molecule has 0 radical (unpaired) electrons. The van der Waals surface area contributed by atoms with E-state index < -0.39 is 13.5 Å². The number of anilines is 2. The molecule has 0 bridgehead atoms. The number of aryl methyl sites for hydroxylation is 7. The third kappa shape index (κ3) is 5.84. The van der Waals surface area contributed by atoms with E-state index in [0.29, 0.717) is 0 Å². The second kappa shape index (κ2) is 11.7. The fraction of sp³-hybridized carbons (Fsp3) is 0.406. The van der Waals surface area contributed by atoms with Crippen LogP contribution in [-0.4, -0.2) is 29.5 Å². The Balaban J connectivity index is 2.01. The van der Waals surface area contributed by atoms with Gasteiger partial charge in [-0.2, -0.15) is 0 Å². The van der Waals surface area contributed by atoms with Gasteiger partial charge in [0.05, 0.1) is 0 Å². The first kappa shape index (κ1) is 29.1. The SMILES string of the molecule is Cc1cc(C)c(N2CCN(c3c(C)cc(C)cc3C)C2[C](c2cc(C)ccc2OC(C)C)=[Ru]([Cl])[Cl])c(C)c1. The number of nitrogens with zero attached hydrogens (tertiary/aromatic N) is 2. The van der Waals surface area contributed by atoms with Crippen molar-refractivity contribution < 1.29 is 18.3 Å². The number of hydrogen-bond donors (Lipinski definition) is 0. The van der Waals surface area contributed by atoms with Crippen LogP contribution in [0.25, 0.3) is 0 Å². The van der Waals surface area contributed by atoms with Gasteiger partial charge in [-0.3, -0.25) is 0 Å². The minimum absolute atomic E-state index is 0.0444. The second-order valence-electron chi connectivity index (χ2n) is 10.9. The van der Waals surface area contributed by atoms with Crippen LogP contribution in [0.5, 0.6) is 5.75 Å². The Morgan fingerprint density at radius 2 is 1.18 bits per heavy atom. The van der Waals surface area contributed by atoms with Crippen LogP contribution >= 0.6 is 19.4 Å². The fourth-order valence-electron chi connectivity index (χ4n) is 6.08. The molecule has 206 valence electrons. The van der Waals surface area contributed by atoms with E-state index in [9.17, 15) is 0 Å². The molecule has 6 heteroatoms. The van der Waals surface area contributed by atoms with E-state index in [0.717, 1.165) is 28.5 Å². The summed E-state index contributed by atoms with van der Waals surface area (Å²) < 4.78 is 7.44.